The van der Waals surface area contributed by atoms with Gasteiger partial charge in [0.2, 0.25) is 0 Å². The summed E-state index contributed by atoms with van der Waals surface area (Å²) in [7, 11) is 1.79. The number of carbonyl (C=O) groups is 1. The summed E-state index contributed by atoms with van der Waals surface area (Å²) in [6, 6.07) is 4.57. The van der Waals surface area contributed by atoms with Gasteiger partial charge in [-0.1, -0.05) is 34.8 Å². The third kappa shape index (κ3) is 4.51. The fourth-order valence-electron chi connectivity index (χ4n) is 2.65. The summed E-state index contributed by atoms with van der Waals surface area (Å²) >= 11 is 18.3. The fraction of sp³-hybridized carbons (Fsp3) is 0.111. The Morgan fingerprint density at radius 3 is 2.52 bits per heavy atom. The second-order valence-electron chi connectivity index (χ2n) is 5.96. The lowest BCUT2D eigenvalue weighted by Crippen LogP contribution is -2.31. The molecule has 1 aromatic carbocycles. The third-order valence-electron chi connectivity index (χ3n) is 3.88. The molecule has 0 saturated carbocycles. The van der Waals surface area contributed by atoms with Crippen LogP contribution in [-0.2, 0) is 6.54 Å². The number of nitrogens with zero attached hydrogens (tertiary/aromatic N) is 3. The maximum atomic E-state index is 13.0. The highest BCUT2D eigenvalue weighted by molar-refractivity contribution is 6.40. The molecule has 2 heterocycles. The van der Waals surface area contributed by atoms with Crippen molar-refractivity contribution >= 4 is 52.2 Å². The van der Waals surface area contributed by atoms with Crippen molar-refractivity contribution in [3.63, 3.8) is 0 Å². The van der Waals surface area contributed by atoms with Crippen LogP contribution in [-0.4, -0.2) is 27.5 Å². The van der Waals surface area contributed by atoms with Crippen molar-refractivity contribution in [2.24, 2.45) is 0 Å². The zero-order chi connectivity index (χ0) is 21.1. The predicted octanol–water partition coefficient (Wildman–Crippen LogP) is 3.14. The normalized spacial score (nSPS) is 10.8. The molecule has 3 aromatic rings. The number of nitrogen functional groups attached to an aromatic ring is 1. The molecule has 0 aliphatic heterocycles. The van der Waals surface area contributed by atoms with E-state index < -0.39 is 11.5 Å². The Balaban J connectivity index is 2.03. The summed E-state index contributed by atoms with van der Waals surface area (Å²) in [6.07, 6.45) is 4.25. The molecule has 0 aliphatic carbocycles. The molecular formula is C18H15Cl3N6O2. The highest BCUT2D eigenvalue weighted by atomic mass is 35.5. The first-order valence-corrected chi connectivity index (χ1v) is 9.37. The van der Waals surface area contributed by atoms with Crippen LogP contribution in [0.5, 0.6) is 0 Å². The monoisotopic (exact) mass is 452 g/mol. The molecule has 1 amide bonds. The molecule has 2 aromatic heterocycles. The number of rotatable bonds is 5. The smallest absolute Gasteiger partial charge is 0.273 e. The first-order valence-electron chi connectivity index (χ1n) is 8.23. The van der Waals surface area contributed by atoms with Gasteiger partial charge in [0.1, 0.15) is 17.7 Å². The number of carbonyl (C=O) groups excluding carboxylic acids is 1. The van der Waals surface area contributed by atoms with E-state index in [0.29, 0.717) is 17.3 Å². The number of benzene rings is 1. The van der Waals surface area contributed by atoms with E-state index in [2.05, 4.69) is 20.6 Å². The number of anilines is 2. The summed E-state index contributed by atoms with van der Waals surface area (Å²) in [6.45, 7) is 0.562. The van der Waals surface area contributed by atoms with E-state index in [1.165, 1.54) is 18.3 Å². The first kappa shape index (κ1) is 21.1. The Bertz CT molecular complexity index is 1130. The lowest BCUT2D eigenvalue weighted by Gasteiger charge is -2.13. The average molecular weight is 454 g/mol. The second-order valence-corrected chi connectivity index (χ2v) is 7.22. The quantitative estimate of drug-likeness (QED) is 0.547. The van der Waals surface area contributed by atoms with Gasteiger partial charge in [-0.25, -0.2) is 4.98 Å². The van der Waals surface area contributed by atoms with E-state index >= 15 is 0 Å². The Hall–Kier alpha value is -2.65. The fourth-order valence-corrected chi connectivity index (χ4v) is 3.65. The molecule has 0 radical (unpaired) electrons. The van der Waals surface area contributed by atoms with Crippen LogP contribution in [0.1, 0.15) is 15.9 Å². The maximum Gasteiger partial charge on any atom is 0.273 e. The van der Waals surface area contributed by atoms with Crippen LogP contribution in [0.15, 0.2) is 41.7 Å². The molecule has 0 aliphatic rings. The van der Waals surface area contributed by atoms with Gasteiger partial charge in [-0.2, -0.15) is 0 Å². The minimum Gasteiger partial charge on any atom is -0.383 e. The Kier molecular flexibility index (Phi) is 6.39. The van der Waals surface area contributed by atoms with Gasteiger partial charge < -0.3 is 16.4 Å². The predicted molar refractivity (Wildman–Crippen MR) is 114 cm³/mol. The topological polar surface area (TPSA) is 115 Å². The number of aromatic nitrogens is 3. The highest BCUT2D eigenvalue weighted by Gasteiger charge is 2.21. The third-order valence-corrected chi connectivity index (χ3v) is 4.68. The standard InChI is InChI=1S/C18H15Cl3N6O2/c1-23-5-9-2-11(7-24-6-9)26-17(28)14-16(22)25-8-27(18(14)29)15-12(20)3-10(19)4-13(15)21/h2-4,6-8,23H,5,22H2,1H3,(H,26,28). The highest BCUT2D eigenvalue weighted by Crippen LogP contribution is 2.31. The lowest BCUT2D eigenvalue weighted by molar-refractivity contribution is 0.102. The van der Waals surface area contributed by atoms with Gasteiger partial charge in [0, 0.05) is 17.8 Å². The Labute approximate surface area is 180 Å². The summed E-state index contributed by atoms with van der Waals surface area (Å²) < 4.78 is 1.04. The molecular weight excluding hydrogens is 439 g/mol. The van der Waals surface area contributed by atoms with E-state index in [1.807, 2.05) is 0 Å². The molecule has 0 unspecified atom stereocenters. The van der Waals surface area contributed by atoms with Crippen molar-refractivity contribution in [2.45, 2.75) is 6.54 Å². The number of pyridine rings is 1. The van der Waals surface area contributed by atoms with Crippen LogP contribution in [0.2, 0.25) is 15.1 Å². The number of nitrogens with two attached hydrogens (primary N) is 1. The van der Waals surface area contributed by atoms with Gasteiger partial charge in [0.15, 0.2) is 0 Å². The molecule has 3 rings (SSSR count). The summed E-state index contributed by atoms with van der Waals surface area (Å²) in [5.41, 5.74) is 6.11. The molecule has 29 heavy (non-hydrogen) atoms. The molecule has 150 valence electrons. The Morgan fingerprint density at radius 2 is 1.86 bits per heavy atom. The summed E-state index contributed by atoms with van der Waals surface area (Å²) in [5, 5.41) is 6.12. The molecule has 11 heteroatoms. The number of amides is 1. The van der Waals surface area contributed by atoms with Gasteiger partial charge >= 0.3 is 0 Å². The number of hydrogen-bond donors (Lipinski definition) is 3. The van der Waals surface area contributed by atoms with Gasteiger partial charge in [0.05, 0.1) is 27.6 Å². The van der Waals surface area contributed by atoms with Crippen LogP contribution in [0.25, 0.3) is 5.69 Å². The van der Waals surface area contributed by atoms with E-state index in [-0.39, 0.29) is 27.1 Å². The summed E-state index contributed by atoms with van der Waals surface area (Å²) in [4.78, 5) is 33.7. The second kappa shape index (κ2) is 8.79. The average Bonchev–Trinajstić information content (AvgIpc) is 2.63. The molecule has 0 bridgehead atoms. The summed E-state index contributed by atoms with van der Waals surface area (Å²) in [5.74, 6) is -0.969. The van der Waals surface area contributed by atoms with Crippen molar-refractivity contribution in [1.82, 2.24) is 19.9 Å². The minimum atomic E-state index is -0.737. The molecule has 0 fully saturated rings. The van der Waals surface area contributed by atoms with Crippen LogP contribution >= 0.6 is 34.8 Å². The number of halogens is 3. The van der Waals surface area contributed by atoms with Gasteiger partial charge in [-0.05, 0) is 30.8 Å². The zero-order valence-corrected chi connectivity index (χ0v) is 17.3. The van der Waals surface area contributed by atoms with Crippen molar-refractivity contribution in [3.05, 3.63) is 73.5 Å². The van der Waals surface area contributed by atoms with E-state index in [4.69, 9.17) is 40.5 Å². The van der Waals surface area contributed by atoms with Crippen LogP contribution < -0.4 is 21.9 Å². The molecule has 8 nitrogen and oxygen atoms in total. The van der Waals surface area contributed by atoms with Crippen molar-refractivity contribution in [3.8, 4) is 5.69 Å². The molecule has 4 N–H and O–H groups in total. The minimum absolute atomic E-state index is 0.117. The van der Waals surface area contributed by atoms with E-state index in [9.17, 15) is 9.59 Å². The van der Waals surface area contributed by atoms with Gasteiger partial charge in [0.25, 0.3) is 11.5 Å². The van der Waals surface area contributed by atoms with E-state index in [1.54, 1.807) is 19.3 Å². The molecule has 0 atom stereocenters. The SMILES string of the molecule is CNCc1cncc(NC(=O)c2c(N)ncn(-c3c(Cl)cc(Cl)cc3Cl)c2=O)c1. The van der Waals surface area contributed by atoms with Crippen LogP contribution in [0.3, 0.4) is 0 Å². The van der Waals surface area contributed by atoms with Gasteiger partial charge in [-0.15, -0.1) is 0 Å². The maximum absolute atomic E-state index is 13.0. The Morgan fingerprint density at radius 1 is 1.17 bits per heavy atom. The van der Waals surface area contributed by atoms with Crippen molar-refractivity contribution in [2.75, 3.05) is 18.1 Å². The number of nitrogens with one attached hydrogen (secondary N) is 2. The van der Waals surface area contributed by atoms with Crippen molar-refractivity contribution < 1.29 is 4.79 Å². The first-order chi connectivity index (χ1) is 13.8. The number of hydrogen-bond acceptors (Lipinski definition) is 6. The van der Waals surface area contributed by atoms with Crippen LogP contribution in [0.4, 0.5) is 11.5 Å². The van der Waals surface area contributed by atoms with Crippen molar-refractivity contribution in [1.29, 1.82) is 0 Å². The zero-order valence-electron chi connectivity index (χ0n) is 15.0. The largest absolute Gasteiger partial charge is 0.383 e. The molecule has 0 spiro atoms. The van der Waals surface area contributed by atoms with Crippen LogP contribution in [0, 0.1) is 0 Å². The lowest BCUT2D eigenvalue weighted by atomic mass is 10.2. The van der Waals surface area contributed by atoms with Gasteiger partial charge in [-0.3, -0.25) is 19.1 Å². The molecule has 0 saturated heterocycles. The van der Waals surface area contributed by atoms with E-state index in [0.717, 1.165) is 16.5 Å².